The zero-order chi connectivity index (χ0) is 19.4. The highest BCUT2D eigenvalue weighted by Gasteiger charge is 2.16. The monoisotopic (exact) mass is 370 g/mol. The lowest BCUT2D eigenvalue weighted by Gasteiger charge is -2.12. The Kier molecular flexibility index (Phi) is 5.07. The van der Waals surface area contributed by atoms with E-state index in [0.29, 0.717) is 5.69 Å². The zero-order valence-electron chi connectivity index (χ0n) is 13.7. The normalized spacial score (nSPS) is 10.3. The fourth-order valence-electron chi connectivity index (χ4n) is 2.28. The largest absolute Gasteiger partial charge is 0.453 e. The number of non-ortho nitro benzene ring substituents is 1. The standard InChI is InChI=1S/C19H12F2N2O4/c20-12-5-7-13(8-6-12)22-19(24)15-3-1-2-4-17(15)27-18-10-9-14(23(25)26)11-16(18)21/h1-11H,(H,22,24). The van der Waals surface area contributed by atoms with Crippen molar-refractivity contribution in [3.63, 3.8) is 0 Å². The number of hydrogen-bond donors (Lipinski definition) is 1. The van der Waals surface area contributed by atoms with Crippen molar-refractivity contribution < 1.29 is 23.2 Å². The van der Waals surface area contributed by atoms with Gasteiger partial charge in [0.05, 0.1) is 16.6 Å². The Morgan fingerprint density at radius 1 is 0.963 bits per heavy atom. The molecule has 0 fully saturated rings. The summed E-state index contributed by atoms with van der Waals surface area (Å²) in [6, 6.07) is 14.2. The van der Waals surface area contributed by atoms with Gasteiger partial charge in [-0.15, -0.1) is 0 Å². The van der Waals surface area contributed by atoms with Gasteiger partial charge in [-0.2, -0.15) is 0 Å². The minimum absolute atomic E-state index is 0.0601. The molecule has 136 valence electrons. The summed E-state index contributed by atoms with van der Waals surface area (Å²) < 4.78 is 32.4. The van der Waals surface area contributed by atoms with E-state index in [4.69, 9.17) is 4.74 Å². The van der Waals surface area contributed by atoms with Crippen molar-refractivity contribution in [2.24, 2.45) is 0 Å². The van der Waals surface area contributed by atoms with Crippen LogP contribution in [0.1, 0.15) is 10.4 Å². The third-order valence-corrected chi connectivity index (χ3v) is 3.58. The van der Waals surface area contributed by atoms with Crippen molar-refractivity contribution in [2.75, 3.05) is 5.32 Å². The van der Waals surface area contributed by atoms with Gasteiger partial charge in [-0.1, -0.05) is 12.1 Å². The molecule has 8 heteroatoms. The maximum Gasteiger partial charge on any atom is 0.272 e. The van der Waals surface area contributed by atoms with Crippen molar-refractivity contribution in [1.82, 2.24) is 0 Å². The Hall–Kier alpha value is -3.81. The van der Waals surface area contributed by atoms with E-state index in [9.17, 15) is 23.7 Å². The van der Waals surface area contributed by atoms with Crippen LogP contribution in [0.15, 0.2) is 66.7 Å². The summed E-state index contributed by atoms with van der Waals surface area (Å²) in [7, 11) is 0. The molecule has 3 rings (SSSR count). The number of rotatable bonds is 5. The van der Waals surface area contributed by atoms with Gasteiger partial charge in [-0.3, -0.25) is 14.9 Å². The third kappa shape index (κ3) is 4.24. The number of nitrogens with zero attached hydrogens (tertiary/aromatic N) is 1. The molecule has 0 bridgehead atoms. The quantitative estimate of drug-likeness (QED) is 0.511. The van der Waals surface area contributed by atoms with Crippen LogP contribution in [0, 0.1) is 21.7 Å². The lowest BCUT2D eigenvalue weighted by Crippen LogP contribution is -2.13. The van der Waals surface area contributed by atoms with Crippen molar-refractivity contribution >= 4 is 17.3 Å². The first-order valence-electron chi connectivity index (χ1n) is 7.72. The Bertz CT molecular complexity index is 1010. The molecule has 0 aliphatic rings. The zero-order valence-corrected chi connectivity index (χ0v) is 13.7. The SMILES string of the molecule is O=C(Nc1ccc(F)cc1)c1ccccc1Oc1ccc([N+](=O)[O-])cc1F. The van der Waals surface area contributed by atoms with Gasteiger partial charge in [0.1, 0.15) is 11.6 Å². The van der Waals surface area contributed by atoms with Gasteiger partial charge in [0, 0.05) is 11.8 Å². The molecule has 0 atom stereocenters. The molecule has 3 aromatic carbocycles. The smallest absolute Gasteiger partial charge is 0.272 e. The van der Waals surface area contributed by atoms with Gasteiger partial charge in [0.25, 0.3) is 11.6 Å². The maximum atomic E-state index is 14.0. The van der Waals surface area contributed by atoms with Gasteiger partial charge in [-0.25, -0.2) is 8.78 Å². The lowest BCUT2D eigenvalue weighted by atomic mass is 10.1. The van der Waals surface area contributed by atoms with Gasteiger partial charge in [-0.05, 0) is 42.5 Å². The summed E-state index contributed by atoms with van der Waals surface area (Å²) in [5.41, 5.74) is 0.0690. The lowest BCUT2D eigenvalue weighted by molar-refractivity contribution is -0.385. The average molecular weight is 370 g/mol. The van der Waals surface area contributed by atoms with Crippen LogP contribution in [0.4, 0.5) is 20.2 Å². The molecule has 0 heterocycles. The summed E-state index contributed by atoms with van der Waals surface area (Å²) in [6.45, 7) is 0. The van der Waals surface area contributed by atoms with E-state index in [-0.39, 0.29) is 17.1 Å². The third-order valence-electron chi connectivity index (χ3n) is 3.58. The van der Waals surface area contributed by atoms with Gasteiger partial charge >= 0.3 is 0 Å². The average Bonchev–Trinajstić information content (AvgIpc) is 2.65. The molecule has 0 spiro atoms. The van der Waals surface area contributed by atoms with Crippen LogP contribution in [0.25, 0.3) is 0 Å². The summed E-state index contributed by atoms with van der Waals surface area (Å²) in [5, 5.41) is 13.3. The van der Waals surface area contributed by atoms with E-state index < -0.39 is 28.2 Å². The second-order valence-electron chi connectivity index (χ2n) is 5.43. The summed E-state index contributed by atoms with van der Waals surface area (Å²) in [5.74, 6) is -2.12. The highest BCUT2D eigenvalue weighted by molar-refractivity contribution is 6.06. The Labute approximate surface area is 152 Å². The molecule has 0 aliphatic carbocycles. The van der Waals surface area contributed by atoms with Crippen LogP contribution >= 0.6 is 0 Å². The minimum Gasteiger partial charge on any atom is -0.453 e. The molecule has 6 nitrogen and oxygen atoms in total. The van der Waals surface area contributed by atoms with E-state index in [2.05, 4.69) is 5.32 Å². The number of hydrogen-bond acceptors (Lipinski definition) is 4. The fourth-order valence-corrected chi connectivity index (χ4v) is 2.28. The predicted octanol–water partition coefficient (Wildman–Crippen LogP) is 4.92. The van der Waals surface area contributed by atoms with Crippen molar-refractivity contribution in [3.8, 4) is 11.5 Å². The highest BCUT2D eigenvalue weighted by Crippen LogP contribution is 2.30. The number of ether oxygens (including phenoxy) is 1. The van der Waals surface area contributed by atoms with E-state index in [0.717, 1.165) is 18.2 Å². The first kappa shape index (κ1) is 18.0. The first-order chi connectivity index (χ1) is 12.9. The van der Waals surface area contributed by atoms with Crippen LogP contribution in [0.2, 0.25) is 0 Å². The van der Waals surface area contributed by atoms with Crippen molar-refractivity contribution in [2.45, 2.75) is 0 Å². The Morgan fingerprint density at radius 3 is 2.33 bits per heavy atom. The second kappa shape index (κ2) is 7.61. The van der Waals surface area contributed by atoms with Crippen molar-refractivity contribution in [1.29, 1.82) is 0 Å². The number of nitro benzene ring substituents is 1. The Morgan fingerprint density at radius 2 is 1.67 bits per heavy atom. The molecular formula is C19H12F2N2O4. The molecular weight excluding hydrogens is 358 g/mol. The number of nitrogens with one attached hydrogen (secondary N) is 1. The highest BCUT2D eigenvalue weighted by atomic mass is 19.1. The number of halogens is 2. The van der Waals surface area contributed by atoms with Crippen LogP contribution in [0.3, 0.4) is 0 Å². The molecule has 0 aliphatic heterocycles. The molecule has 0 aromatic heterocycles. The summed E-state index contributed by atoms with van der Waals surface area (Å²) in [4.78, 5) is 22.4. The minimum atomic E-state index is -0.932. The maximum absolute atomic E-state index is 14.0. The number of para-hydroxylation sites is 1. The number of benzene rings is 3. The molecule has 0 unspecified atom stereocenters. The topological polar surface area (TPSA) is 81.5 Å². The molecule has 3 aromatic rings. The number of anilines is 1. The van der Waals surface area contributed by atoms with E-state index >= 15 is 0 Å². The van der Waals surface area contributed by atoms with E-state index in [1.165, 1.54) is 36.4 Å². The van der Waals surface area contributed by atoms with Crippen molar-refractivity contribution in [3.05, 3.63) is 94.0 Å². The second-order valence-corrected chi connectivity index (χ2v) is 5.43. The van der Waals surface area contributed by atoms with Crippen LogP contribution in [0.5, 0.6) is 11.5 Å². The summed E-state index contributed by atoms with van der Waals surface area (Å²) >= 11 is 0. The Balaban J connectivity index is 1.84. The summed E-state index contributed by atoms with van der Waals surface area (Å²) in [6.07, 6.45) is 0. The molecule has 27 heavy (non-hydrogen) atoms. The molecule has 0 radical (unpaired) electrons. The molecule has 1 amide bonds. The molecule has 0 saturated carbocycles. The predicted molar refractivity (Wildman–Crippen MR) is 93.9 cm³/mol. The first-order valence-corrected chi connectivity index (χ1v) is 7.72. The van der Waals surface area contributed by atoms with Gasteiger partial charge in [0.15, 0.2) is 11.6 Å². The molecule has 0 saturated heterocycles. The van der Waals surface area contributed by atoms with E-state index in [1.54, 1.807) is 12.1 Å². The fraction of sp³-hybridized carbons (Fsp3) is 0. The van der Waals surface area contributed by atoms with Gasteiger partial charge < -0.3 is 10.1 Å². The van der Waals surface area contributed by atoms with Crippen LogP contribution in [-0.4, -0.2) is 10.8 Å². The van der Waals surface area contributed by atoms with Crippen LogP contribution < -0.4 is 10.1 Å². The number of nitro groups is 1. The van der Waals surface area contributed by atoms with Gasteiger partial charge in [0.2, 0.25) is 0 Å². The number of carbonyl (C=O) groups is 1. The van der Waals surface area contributed by atoms with E-state index in [1.807, 2.05) is 0 Å². The number of amides is 1. The number of carbonyl (C=O) groups excluding carboxylic acids is 1. The molecule has 1 N–H and O–H groups in total. The van der Waals surface area contributed by atoms with Crippen LogP contribution in [-0.2, 0) is 0 Å².